The molecule has 0 spiro atoms. The molecule has 0 unspecified atom stereocenters. The van der Waals surface area contributed by atoms with E-state index >= 15 is 0 Å². The van der Waals surface area contributed by atoms with Gasteiger partial charge in [-0.2, -0.15) is 5.10 Å². The molecule has 108 valence electrons. The molecule has 0 aliphatic heterocycles. The van der Waals surface area contributed by atoms with Crippen molar-refractivity contribution >= 4 is 23.7 Å². The van der Waals surface area contributed by atoms with Gasteiger partial charge in [-0.05, 0) is 48.0 Å². The van der Waals surface area contributed by atoms with Gasteiger partial charge >= 0.3 is 0 Å². The van der Waals surface area contributed by atoms with Crippen LogP contribution in [0.2, 0.25) is 5.02 Å². The minimum Gasteiger partial charge on any atom is -0.508 e. The first-order valence-corrected chi connectivity index (χ1v) is 6.44. The molecular weight excluding hydrogens is 292 g/mol. The zero-order valence-corrected chi connectivity index (χ0v) is 12.0. The van der Waals surface area contributed by atoms with E-state index in [9.17, 15) is 4.79 Å². The van der Waals surface area contributed by atoms with Crippen molar-refractivity contribution in [2.75, 3.05) is 7.11 Å². The lowest BCUT2D eigenvalue weighted by atomic mass is 10.2. The maximum absolute atomic E-state index is 12.0. The summed E-state index contributed by atoms with van der Waals surface area (Å²) in [5.41, 5.74) is 3.43. The lowest BCUT2D eigenvalue weighted by Gasteiger charge is -2.07. The van der Waals surface area contributed by atoms with Gasteiger partial charge in [-0.15, -0.1) is 0 Å². The number of benzene rings is 2. The van der Waals surface area contributed by atoms with Gasteiger partial charge in [0, 0.05) is 5.02 Å². The van der Waals surface area contributed by atoms with Crippen LogP contribution in [0, 0.1) is 0 Å². The Morgan fingerprint density at radius 1 is 1.29 bits per heavy atom. The molecule has 0 saturated heterocycles. The van der Waals surface area contributed by atoms with E-state index in [0.717, 1.165) is 5.56 Å². The van der Waals surface area contributed by atoms with Gasteiger partial charge in [0.1, 0.15) is 11.5 Å². The van der Waals surface area contributed by atoms with Gasteiger partial charge in [-0.1, -0.05) is 11.6 Å². The largest absolute Gasteiger partial charge is 0.508 e. The van der Waals surface area contributed by atoms with E-state index in [2.05, 4.69) is 10.5 Å². The van der Waals surface area contributed by atoms with E-state index < -0.39 is 5.91 Å². The molecule has 0 heterocycles. The Bertz CT molecular complexity index is 669. The van der Waals surface area contributed by atoms with Gasteiger partial charge < -0.3 is 9.84 Å². The lowest BCUT2D eigenvalue weighted by molar-refractivity contribution is 0.0952. The second-order valence-corrected chi connectivity index (χ2v) is 4.57. The molecule has 0 fully saturated rings. The van der Waals surface area contributed by atoms with Crippen LogP contribution < -0.4 is 10.2 Å². The van der Waals surface area contributed by atoms with E-state index in [1.807, 2.05) is 0 Å². The van der Waals surface area contributed by atoms with Crippen LogP contribution in [0.25, 0.3) is 0 Å². The number of halogens is 1. The van der Waals surface area contributed by atoms with Crippen LogP contribution in [0.1, 0.15) is 15.9 Å². The summed E-state index contributed by atoms with van der Waals surface area (Å²) in [5.74, 6) is 0.154. The number of amides is 1. The van der Waals surface area contributed by atoms with Crippen molar-refractivity contribution in [3.05, 3.63) is 58.6 Å². The second-order valence-electron chi connectivity index (χ2n) is 4.14. The third-order valence-corrected chi connectivity index (χ3v) is 2.91. The molecule has 2 rings (SSSR count). The van der Waals surface area contributed by atoms with Crippen LogP contribution in [-0.4, -0.2) is 24.3 Å². The van der Waals surface area contributed by atoms with Crippen molar-refractivity contribution in [3.63, 3.8) is 0 Å². The fourth-order valence-corrected chi connectivity index (χ4v) is 1.82. The van der Waals surface area contributed by atoms with E-state index in [4.69, 9.17) is 21.4 Å². The van der Waals surface area contributed by atoms with Gasteiger partial charge in [0.25, 0.3) is 5.91 Å². The number of carbonyl (C=O) groups excluding carboxylic acids is 1. The van der Waals surface area contributed by atoms with E-state index in [1.54, 1.807) is 24.3 Å². The summed E-state index contributed by atoms with van der Waals surface area (Å²) < 4.78 is 5.10. The number of phenols is 1. The topological polar surface area (TPSA) is 70.9 Å². The van der Waals surface area contributed by atoms with Crippen molar-refractivity contribution < 1.29 is 14.6 Å². The number of aromatic hydroxyl groups is 1. The highest BCUT2D eigenvalue weighted by Crippen LogP contribution is 2.22. The Morgan fingerprint density at radius 2 is 2.00 bits per heavy atom. The normalized spacial score (nSPS) is 10.6. The minimum absolute atomic E-state index is 0.167. The Hall–Kier alpha value is -2.53. The lowest BCUT2D eigenvalue weighted by Crippen LogP contribution is -2.18. The molecule has 2 aromatic rings. The Labute approximate surface area is 126 Å². The first-order valence-electron chi connectivity index (χ1n) is 6.06. The molecule has 2 aromatic carbocycles. The number of rotatable bonds is 4. The first kappa shape index (κ1) is 14.9. The van der Waals surface area contributed by atoms with Gasteiger partial charge in [0.15, 0.2) is 0 Å². The molecule has 0 atom stereocenters. The fraction of sp³-hybridized carbons (Fsp3) is 0.0667. The third kappa shape index (κ3) is 3.97. The summed E-state index contributed by atoms with van der Waals surface area (Å²) >= 11 is 5.86. The summed E-state index contributed by atoms with van der Waals surface area (Å²) in [6.45, 7) is 0. The molecule has 1 amide bonds. The molecular formula is C15H13ClN2O3. The molecule has 0 saturated carbocycles. The van der Waals surface area contributed by atoms with Crippen molar-refractivity contribution in [2.24, 2.45) is 5.10 Å². The van der Waals surface area contributed by atoms with Crippen LogP contribution in [0.5, 0.6) is 11.5 Å². The van der Waals surface area contributed by atoms with Crippen LogP contribution in [0.15, 0.2) is 47.6 Å². The highest BCUT2D eigenvalue weighted by atomic mass is 35.5. The number of phenolic OH excluding ortho intramolecular Hbond substituents is 1. The van der Waals surface area contributed by atoms with Crippen LogP contribution in [0.4, 0.5) is 0 Å². The van der Waals surface area contributed by atoms with E-state index in [-0.39, 0.29) is 5.75 Å². The Kier molecular flexibility index (Phi) is 4.79. The smallest absolute Gasteiger partial charge is 0.275 e. The quantitative estimate of drug-likeness (QED) is 0.674. The maximum atomic E-state index is 12.0. The average Bonchev–Trinajstić information content (AvgIpc) is 2.49. The molecule has 0 aliphatic carbocycles. The molecule has 0 radical (unpaired) electrons. The van der Waals surface area contributed by atoms with Gasteiger partial charge in [-0.25, -0.2) is 5.43 Å². The highest BCUT2D eigenvalue weighted by Gasteiger charge is 2.11. The number of hydrazone groups is 1. The number of methoxy groups -OCH3 is 1. The molecule has 0 bridgehead atoms. The van der Waals surface area contributed by atoms with Crippen molar-refractivity contribution in [3.8, 4) is 11.5 Å². The average molecular weight is 305 g/mol. The van der Waals surface area contributed by atoms with Crippen molar-refractivity contribution in [1.82, 2.24) is 5.43 Å². The molecule has 2 N–H and O–H groups in total. The monoisotopic (exact) mass is 304 g/mol. The van der Waals surface area contributed by atoms with Crippen LogP contribution in [-0.2, 0) is 0 Å². The zero-order valence-electron chi connectivity index (χ0n) is 11.2. The summed E-state index contributed by atoms with van der Waals surface area (Å²) in [6.07, 6.45) is 1.47. The number of nitrogens with zero attached hydrogens (tertiary/aromatic N) is 1. The van der Waals surface area contributed by atoms with E-state index in [1.165, 1.54) is 31.5 Å². The highest BCUT2D eigenvalue weighted by molar-refractivity contribution is 6.31. The number of ether oxygens (including phenoxy) is 1. The minimum atomic E-state index is -0.427. The van der Waals surface area contributed by atoms with Crippen LogP contribution in [0.3, 0.4) is 0 Å². The molecule has 21 heavy (non-hydrogen) atoms. The standard InChI is InChI=1S/C15H13ClN2O3/c1-21-14-7-4-11(16)8-13(14)15(20)18-17-9-10-2-5-12(19)6-3-10/h2-9,19H,1H3,(H,18,20). The predicted octanol–water partition coefficient (Wildman–Crippen LogP) is 2.82. The number of hydrogen-bond donors (Lipinski definition) is 2. The van der Waals surface area contributed by atoms with E-state index in [0.29, 0.717) is 16.3 Å². The third-order valence-electron chi connectivity index (χ3n) is 2.68. The Morgan fingerprint density at radius 3 is 2.67 bits per heavy atom. The van der Waals surface area contributed by atoms with Crippen LogP contribution >= 0.6 is 11.6 Å². The van der Waals surface area contributed by atoms with Gasteiger partial charge in [0.05, 0.1) is 18.9 Å². The zero-order chi connectivity index (χ0) is 15.2. The number of carbonyl (C=O) groups is 1. The Balaban J connectivity index is 2.08. The summed E-state index contributed by atoms with van der Waals surface area (Å²) in [4.78, 5) is 12.0. The molecule has 0 aliphatic rings. The van der Waals surface area contributed by atoms with Gasteiger partial charge in [-0.3, -0.25) is 4.79 Å². The first-order chi connectivity index (χ1) is 10.1. The maximum Gasteiger partial charge on any atom is 0.275 e. The summed E-state index contributed by atoms with van der Waals surface area (Å²) in [5, 5.41) is 13.4. The fourth-order valence-electron chi connectivity index (χ4n) is 1.64. The molecule has 6 heteroatoms. The summed E-state index contributed by atoms with van der Waals surface area (Å²) in [7, 11) is 1.47. The molecule has 5 nitrogen and oxygen atoms in total. The van der Waals surface area contributed by atoms with Gasteiger partial charge in [0.2, 0.25) is 0 Å². The SMILES string of the molecule is COc1ccc(Cl)cc1C(=O)NN=Cc1ccc(O)cc1. The number of nitrogens with one attached hydrogen (secondary N) is 1. The second kappa shape index (κ2) is 6.76. The van der Waals surface area contributed by atoms with Crippen molar-refractivity contribution in [1.29, 1.82) is 0 Å². The number of hydrogen-bond acceptors (Lipinski definition) is 4. The predicted molar refractivity (Wildman–Crippen MR) is 81.2 cm³/mol. The summed E-state index contributed by atoms with van der Waals surface area (Å²) in [6, 6.07) is 11.2. The molecule has 0 aromatic heterocycles. The van der Waals surface area contributed by atoms with Crippen molar-refractivity contribution in [2.45, 2.75) is 0 Å².